The lowest BCUT2D eigenvalue weighted by Crippen LogP contribution is -2.44. The third-order valence-electron chi connectivity index (χ3n) is 2.40. The number of carbonyl (C=O) groups is 2. The van der Waals surface area contributed by atoms with Gasteiger partial charge in [0.2, 0.25) is 0 Å². The van der Waals surface area contributed by atoms with Crippen LogP contribution in [0.3, 0.4) is 0 Å². The van der Waals surface area contributed by atoms with Gasteiger partial charge in [-0.15, -0.1) is 0 Å². The summed E-state index contributed by atoms with van der Waals surface area (Å²) in [7, 11) is 1.53. The predicted molar refractivity (Wildman–Crippen MR) is 72.8 cm³/mol. The number of benzene rings is 1. The summed E-state index contributed by atoms with van der Waals surface area (Å²) >= 11 is 5.94. The van der Waals surface area contributed by atoms with Gasteiger partial charge in [0, 0.05) is 24.7 Å². The molecule has 2 amide bonds. The van der Waals surface area contributed by atoms with Crippen LogP contribution in [0.2, 0.25) is 5.02 Å². The van der Waals surface area contributed by atoms with Crippen molar-refractivity contribution in [1.82, 2.24) is 10.6 Å². The number of rotatable bonds is 5. The van der Waals surface area contributed by atoms with E-state index in [0.717, 1.165) is 5.56 Å². The maximum absolute atomic E-state index is 11.6. The highest BCUT2D eigenvalue weighted by Gasteiger charge is 2.15. The second kappa shape index (κ2) is 7.76. The lowest BCUT2D eigenvalue weighted by atomic mass is 10.2. The first-order valence-electron chi connectivity index (χ1n) is 5.85. The zero-order valence-corrected chi connectivity index (χ0v) is 11.7. The van der Waals surface area contributed by atoms with E-state index in [-0.39, 0.29) is 12.6 Å². The highest BCUT2D eigenvalue weighted by atomic mass is 35.5. The van der Waals surface area contributed by atoms with Gasteiger partial charge in [-0.25, -0.2) is 0 Å². The molecule has 0 aliphatic heterocycles. The van der Waals surface area contributed by atoms with Gasteiger partial charge in [0.25, 0.3) is 0 Å². The fourth-order valence-corrected chi connectivity index (χ4v) is 1.68. The first-order chi connectivity index (χ1) is 9.04. The van der Waals surface area contributed by atoms with Crippen LogP contribution in [0.4, 0.5) is 0 Å². The second-order valence-corrected chi connectivity index (χ2v) is 4.51. The summed E-state index contributed by atoms with van der Waals surface area (Å²) in [5.74, 6) is -1.38. The highest BCUT2D eigenvalue weighted by molar-refractivity contribution is 6.35. The van der Waals surface area contributed by atoms with E-state index in [1.165, 1.54) is 7.11 Å². The van der Waals surface area contributed by atoms with Crippen molar-refractivity contribution in [2.45, 2.75) is 19.5 Å². The molecule has 6 heteroatoms. The molecule has 1 aromatic carbocycles. The molecule has 0 spiro atoms. The minimum atomic E-state index is -0.692. The van der Waals surface area contributed by atoms with E-state index in [9.17, 15) is 9.59 Å². The first kappa shape index (κ1) is 15.5. The van der Waals surface area contributed by atoms with Crippen molar-refractivity contribution in [1.29, 1.82) is 0 Å². The Balaban J connectivity index is 2.43. The van der Waals surface area contributed by atoms with Crippen LogP contribution >= 0.6 is 11.6 Å². The number of amides is 2. The van der Waals surface area contributed by atoms with Crippen molar-refractivity contribution in [3.63, 3.8) is 0 Å². The molecule has 0 saturated carbocycles. The fraction of sp³-hybridized carbons (Fsp3) is 0.385. The van der Waals surface area contributed by atoms with Crippen LogP contribution in [-0.4, -0.2) is 31.6 Å². The Morgan fingerprint density at radius 3 is 2.63 bits per heavy atom. The summed E-state index contributed by atoms with van der Waals surface area (Å²) in [6.45, 7) is 2.32. The summed E-state index contributed by atoms with van der Waals surface area (Å²) < 4.78 is 4.87. The lowest BCUT2D eigenvalue weighted by molar-refractivity contribution is -0.139. The number of ether oxygens (including phenoxy) is 1. The molecule has 0 aliphatic carbocycles. The normalized spacial score (nSPS) is 11.7. The summed E-state index contributed by atoms with van der Waals surface area (Å²) in [5.41, 5.74) is 0.759. The molecule has 0 aromatic heterocycles. The average molecular weight is 285 g/mol. The number of halogens is 1. The van der Waals surface area contributed by atoms with E-state index in [2.05, 4.69) is 10.6 Å². The van der Waals surface area contributed by atoms with Crippen LogP contribution < -0.4 is 10.6 Å². The SMILES string of the molecule is COC[C@H](C)NC(=O)C(=O)NCc1ccccc1Cl. The van der Waals surface area contributed by atoms with Gasteiger partial charge in [-0.3, -0.25) is 9.59 Å². The van der Waals surface area contributed by atoms with E-state index >= 15 is 0 Å². The largest absolute Gasteiger partial charge is 0.383 e. The smallest absolute Gasteiger partial charge is 0.309 e. The van der Waals surface area contributed by atoms with Crippen molar-refractivity contribution < 1.29 is 14.3 Å². The molecule has 0 aliphatic rings. The minimum Gasteiger partial charge on any atom is -0.383 e. The van der Waals surface area contributed by atoms with Crippen molar-refractivity contribution in [2.75, 3.05) is 13.7 Å². The van der Waals surface area contributed by atoms with Crippen molar-refractivity contribution in [3.8, 4) is 0 Å². The molecule has 2 N–H and O–H groups in total. The quantitative estimate of drug-likeness (QED) is 0.796. The molecule has 0 saturated heterocycles. The molecule has 1 atom stereocenters. The topological polar surface area (TPSA) is 67.4 Å². The minimum absolute atomic E-state index is 0.213. The summed E-state index contributed by atoms with van der Waals surface area (Å²) in [6.07, 6.45) is 0. The van der Waals surface area contributed by atoms with Gasteiger partial charge < -0.3 is 15.4 Å². The number of carbonyl (C=O) groups excluding carboxylic acids is 2. The van der Waals surface area contributed by atoms with Crippen LogP contribution in [-0.2, 0) is 20.9 Å². The molecule has 0 fully saturated rings. The number of hydrogen-bond acceptors (Lipinski definition) is 3. The number of methoxy groups -OCH3 is 1. The predicted octanol–water partition coefficient (Wildman–Crippen LogP) is 1.11. The zero-order chi connectivity index (χ0) is 14.3. The highest BCUT2D eigenvalue weighted by Crippen LogP contribution is 2.14. The standard InChI is InChI=1S/C13H17ClN2O3/c1-9(8-19-2)16-13(18)12(17)15-7-10-5-3-4-6-11(10)14/h3-6,9H,7-8H2,1-2H3,(H,15,17)(H,16,18)/t9-/m0/s1. The zero-order valence-electron chi connectivity index (χ0n) is 10.9. The maximum Gasteiger partial charge on any atom is 0.309 e. The third-order valence-corrected chi connectivity index (χ3v) is 2.77. The van der Waals surface area contributed by atoms with E-state index in [1.807, 2.05) is 6.07 Å². The second-order valence-electron chi connectivity index (χ2n) is 4.10. The Morgan fingerprint density at radius 1 is 1.32 bits per heavy atom. The van der Waals surface area contributed by atoms with Gasteiger partial charge in [0.05, 0.1) is 6.61 Å². The first-order valence-corrected chi connectivity index (χ1v) is 6.23. The van der Waals surface area contributed by atoms with E-state index in [4.69, 9.17) is 16.3 Å². The molecule has 19 heavy (non-hydrogen) atoms. The molecule has 0 bridgehead atoms. The van der Waals surface area contributed by atoms with Crippen LogP contribution in [0.5, 0.6) is 0 Å². The van der Waals surface area contributed by atoms with Crippen LogP contribution in [0.1, 0.15) is 12.5 Å². The van der Waals surface area contributed by atoms with Gasteiger partial charge in [0.1, 0.15) is 0 Å². The molecule has 0 unspecified atom stereocenters. The van der Waals surface area contributed by atoms with Gasteiger partial charge >= 0.3 is 11.8 Å². The number of hydrogen-bond donors (Lipinski definition) is 2. The van der Waals surface area contributed by atoms with E-state index in [0.29, 0.717) is 11.6 Å². The van der Waals surface area contributed by atoms with Gasteiger partial charge in [-0.1, -0.05) is 29.8 Å². The van der Waals surface area contributed by atoms with Crippen molar-refractivity contribution in [3.05, 3.63) is 34.9 Å². The van der Waals surface area contributed by atoms with Gasteiger partial charge in [-0.2, -0.15) is 0 Å². The third kappa shape index (κ3) is 5.28. The Morgan fingerprint density at radius 2 is 2.00 bits per heavy atom. The molecule has 1 rings (SSSR count). The molecule has 0 heterocycles. The molecule has 104 valence electrons. The Kier molecular flexibility index (Phi) is 6.32. The maximum atomic E-state index is 11.6. The van der Waals surface area contributed by atoms with Crippen molar-refractivity contribution in [2.24, 2.45) is 0 Å². The van der Waals surface area contributed by atoms with Gasteiger partial charge in [-0.05, 0) is 18.6 Å². The molecular weight excluding hydrogens is 268 g/mol. The van der Waals surface area contributed by atoms with Crippen molar-refractivity contribution >= 4 is 23.4 Å². The average Bonchev–Trinajstić information content (AvgIpc) is 2.37. The Labute approximate surface area is 117 Å². The molecule has 0 radical (unpaired) electrons. The Hall–Kier alpha value is -1.59. The summed E-state index contributed by atoms with van der Waals surface area (Å²) in [6, 6.07) is 6.90. The Bertz CT molecular complexity index is 451. The summed E-state index contributed by atoms with van der Waals surface area (Å²) in [4.78, 5) is 23.1. The van der Waals surface area contributed by atoms with Crippen LogP contribution in [0.25, 0.3) is 0 Å². The van der Waals surface area contributed by atoms with Crippen LogP contribution in [0.15, 0.2) is 24.3 Å². The summed E-state index contributed by atoms with van der Waals surface area (Å²) in [5, 5.41) is 5.59. The molecule has 5 nitrogen and oxygen atoms in total. The monoisotopic (exact) mass is 284 g/mol. The van der Waals surface area contributed by atoms with Crippen LogP contribution in [0, 0.1) is 0 Å². The fourth-order valence-electron chi connectivity index (χ4n) is 1.48. The molecular formula is C13H17ClN2O3. The lowest BCUT2D eigenvalue weighted by Gasteiger charge is -2.12. The van der Waals surface area contributed by atoms with E-state index in [1.54, 1.807) is 25.1 Å². The van der Waals surface area contributed by atoms with Gasteiger partial charge in [0.15, 0.2) is 0 Å². The number of nitrogens with one attached hydrogen (secondary N) is 2. The molecule has 1 aromatic rings. The van der Waals surface area contributed by atoms with E-state index < -0.39 is 11.8 Å².